The normalized spacial score (nSPS) is 10.3. The average molecular weight is 270 g/mol. The summed E-state index contributed by atoms with van der Waals surface area (Å²) in [6.07, 6.45) is 5.80. The second kappa shape index (κ2) is 7.48. The van der Waals surface area contributed by atoms with Crippen LogP contribution in [0.1, 0.15) is 18.5 Å². The summed E-state index contributed by atoms with van der Waals surface area (Å²) in [4.78, 5) is 10.8. The minimum Gasteiger partial charge on any atom is -0.375 e. The fourth-order valence-corrected chi connectivity index (χ4v) is 2.05. The first-order chi connectivity index (χ1) is 9.75. The zero-order valence-electron chi connectivity index (χ0n) is 12.2. The first-order valence-corrected chi connectivity index (χ1v) is 7.04. The highest BCUT2D eigenvalue weighted by Gasteiger charge is 1.99. The number of nitrogens with zero attached hydrogens (tertiary/aromatic N) is 3. The lowest BCUT2D eigenvalue weighted by molar-refractivity contribution is 0.741. The van der Waals surface area contributed by atoms with Crippen molar-refractivity contribution in [2.24, 2.45) is 0 Å². The number of unbranched alkanes of at least 4 members (excludes halogenated alkanes) is 1. The van der Waals surface area contributed by atoms with Gasteiger partial charge in [0.2, 0.25) is 0 Å². The summed E-state index contributed by atoms with van der Waals surface area (Å²) >= 11 is 0. The smallest absolute Gasteiger partial charge is 0.144 e. The SMILES string of the molecule is Cc1cncc(NCCCCN(C)c2ccccc2)n1. The van der Waals surface area contributed by atoms with Gasteiger partial charge in [-0.1, -0.05) is 18.2 Å². The van der Waals surface area contributed by atoms with Crippen molar-refractivity contribution in [1.29, 1.82) is 0 Å². The Kier molecular flexibility index (Phi) is 5.35. The van der Waals surface area contributed by atoms with E-state index in [1.54, 1.807) is 12.4 Å². The number of hydrogen-bond acceptors (Lipinski definition) is 4. The van der Waals surface area contributed by atoms with Crippen molar-refractivity contribution in [3.8, 4) is 0 Å². The van der Waals surface area contributed by atoms with Crippen molar-refractivity contribution in [2.75, 3.05) is 30.4 Å². The van der Waals surface area contributed by atoms with Gasteiger partial charge in [-0.3, -0.25) is 4.98 Å². The van der Waals surface area contributed by atoms with Crippen molar-refractivity contribution < 1.29 is 0 Å². The number of nitrogens with one attached hydrogen (secondary N) is 1. The number of aromatic nitrogens is 2. The Morgan fingerprint density at radius 2 is 1.90 bits per heavy atom. The van der Waals surface area contributed by atoms with E-state index in [0.29, 0.717) is 0 Å². The fraction of sp³-hybridized carbons (Fsp3) is 0.375. The third-order valence-electron chi connectivity index (χ3n) is 3.18. The van der Waals surface area contributed by atoms with Crippen LogP contribution < -0.4 is 10.2 Å². The summed E-state index contributed by atoms with van der Waals surface area (Å²) in [5, 5.41) is 3.31. The molecule has 0 atom stereocenters. The van der Waals surface area contributed by atoms with Crippen LogP contribution in [-0.4, -0.2) is 30.1 Å². The van der Waals surface area contributed by atoms with Gasteiger partial charge in [0.05, 0.1) is 11.9 Å². The molecule has 1 N–H and O–H groups in total. The molecule has 106 valence electrons. The Hall–Kier alpha value is -2.10. The molecule has 0 spiro atoms. The van der Waals surface area contributed by atoms with Crippen LogP contribution >= 0.6 is 0 Å². The minimum atomic E-state index is 0.862. The highest BCUT2D eigenvalue weighted by molar-refractivity contribution is 5.44. The van der Waals surface area contributed by atoms with Gasteiger partial charge in [0, 0.05) is 32.0 Å². The van der Waals surface area contributed by atoms with Crippen molar-refractivity contribution in [1.82, 2.24) is 9.97 Å². The van der Waals surface area contributed by atoms with Crippen molar-refractivity contribution >= 4 is 11.5 Å². The predicted octanol–water partition coefficient (Wildman–Crippen LogP) is 3.11. The van der Waals surface area contributed by atoms with Gasteiger partial charge in [0.15, 0.2) is 0 Å². The lowest BCUT2D eigenvalue weighted by Crippen LogP contribution is -2.19. The molecule has 20 heavy (non-hydrogen) atoms. The highest BCUT2D eigenvalue weighted by atomic mass is 15.1. The molecule has 0 radical (unpaired) electrons. The second-order valence-electron chi connectivity index (χ2n) is 4.94. The molecule has 1 aromatic carbocycles. The Morgan fingerprint density at radius 3 is 2.65 bits per heavy atom. The predicted molar refractivity (Wildman–Crippen MR) is 84.2 cm³/mol. The van der Waals surface area contributed by atoms with Gasteiger partial charge in [-0.25, -0.2) is 4.98 Å². The van der Waals surface area contributed by atoms with E-state index in [9.17, 15) is 0 Å². The molecule has 2 rings (SSSR count). The molecule has 0 saturated heterocycles. The molecule has 0 aliphatic heterocycles. The molecule has 2 aromatic rings. The van der Waals surface area contributed by atoms with Gasteiger partial charge in [0.25, 0.3) is 0 Å². The van der Waals surface area contributed by atoms with Crippen LogP contribution in [-0.2, 0) is 0 Å². The number of anilines is 2. The zero-order chi connectivity index (χ0) is 14.2. The van der Waals surface area contributed by atoms with Crippen molar-refractivity contribution in [2.45, 2.75) is 19.8 Å². The molecule has 1 aromatic heterocycles. The molecular formula is C16H22N4. The fourth-order valence-electron chi connectivity index (χ4n) is 2.05. The van der Waals surface area contributed by atoms with Crippen LogP contribution in [0.25, 0.3) is 0 Å². The van der Waals surface area contributed by atoms with E-state index in [1.165, 1.54) is 5.69 Å². The molecule has 0 fully saturated rings. The molecule has 0 aliphatic carbocycles. The summed E-state index contributed by atoms with van der Waals surface area (Å²) in [7, 11) is 2.13. The Bertz CT molecular complexity index is 513. The van der Waals surface area contributed by atoms with E-state index in [4.69, 9.17) is 0 Å². The van der Waals surface area contributed by atoms with Crippen LogP contribution in [0.4, 0.5) is 11.5 Å². The maximum Gasteiger partial charge on any atom is 0.144 e. The maximum absolute atomic E-state index is 4.37. The average Bonchev–Trinajstić information content (AvgIpc) is 2.48. The summed E-state index contributed by atoms with van der Waals surface area (Å²) in [5.41, 5.74) is 2.21. The van der Waals surface area contributed by atoms with Gasteiger partial charge >= 0.3 is 0 Å². The van der Waals surface area contributed by atoms with Gasteiger partial charge in [0.1, 0.15) is 5.82 Å². The molecule has 0 amide bonds. The summed E-state index contributed by atoms with van der Waals surface area (Å²) in [5.74, 6) is 0.862. The molecule has 0 bridgehead atoms. The molecule has 4 nitrogen and oxygen atoms in total. The standard InChI is InChI=1S/C16H22N4/c1-14-12-17-13-16(19-14)18-10-6-7-11-20(2)15-8-4-3-5-9-15/h3-5,8-9,12-13H,6-7,10-11H2,1-2H3,(H,18,19). The van der Waals surface area contributed by atoms with E-state index < -0.39 is 0 Å². The zero-order valence-corrected chi connectivity index (χ0v) is 12.2. The Labute approximate surface area is 120 Å². The van der Waals surface area contributed by atoms with E-state index >= 15 is 0 Å². The molecule has 0 aliphatic rings. The lowest BCUT2D eigenvalue weighted by atomic mass is 10.2. The topological polar surface area (TPSA) is 41.1 Å². The van der Waals surface area contributed by atoms with Crippen molar-refractivity contribution in [3.05, 3.63) is 48.4 Å². The van der Waals surface area contributed by atoms with Gasteiger partial charge in [-0.05, 0) is 31.9 Å². The van der Waals surface area contributed by atoms with E-state index in [0.717, 1.165) is 37.4 Å². The third-order valence-corrected chi connectivity index (χ3v) is 3.18. The lowest BCUT2D eigenvalue weighted by Gasteiger charge is -2.19. The van der Waals surface area contributed by atoms with Crippen LogP contribution in [0.15, 0.2) is 42.7 Å². The minimum absolute atomic E-state index is 0.862. The van der Waals surface area contributed by atoms with Gasteiger partial charge < -0.3 is 10.2 Å². The first-order valence-electron chi connectivity index (χ1n) is 7.04. The van der Waals surface area contributed by atoms with Crippen LogP contribution in [0.3, 0.4) is 0 Å². The third kappa shape index (κ3) is 4.53. The van der Waals surface area contributed by atoms with E-state index in [2.05, 4.69) is 51.5 Å². The Morgan fingerprint density at radius 1 is 1.10 bits per heavy atom. The highest BCUT2D eigenvalue weighted by Crippen LogP contribution is 2.11. The quantitative estimate of drug-likeness (QED) is 0.785. The maximum atomic E-state index is 4.37. The first kappa shape index (κ1) is 14.3. The molecule has 1 heterocycles. The van der Waals surface area contributed by atoms with Gasteiger partial charge in [-0.2, -0.15) is 0 Å². The van der Waals surface area contributed by atoms with Crippen LogP contribution in [0, 0.1) is 6.92 Å². The molecule has 0 unspecified atom stereocenters. The summed E-state index contributed by atoms with van der Waals surface area (Å²) < 4.78 is 0. The number of rotatable bonds is 7. The second-order valence-corrected chi connectivity index (χ2v) is 4.94. The number of para-hydroxylation sites is 1. The number of hydrogen-bond donors (Lipinski definition) is 1. The molecule has 0 saturated carbocycles. The van der Waals surface area contributed by atoms with E-state index in [-0.39, 0.29) is 0 Å². The van der Waals surface area contributed by atoms with Gasteiger partial charge in [-0.15, -0.1) is 0 Å². The van der Waals surface area contributed by atoms with E-state index in [1.807, 2.05) is 13.0 Å². The number of aryl methyl sites for hydroxylation is 1. The van der Waals surface area contributed by atoms with Crippen LogP contribution in [0.2, 0.25) is 0 Å². The molecular weight excluding hydrogens is 248 g/mol. The monoisotopic (exact) mass is 270 g/mol. The van der Waals surface area contributed by atoms with Crippen molar-refractivity contribution in [3.63, 3.8) is 0 Å². The Balaban J connectivity index is 1.64. The summed E-state index contributed by atoms with van der Waals surface area (Å²) in [6.45, 7) is 3.94. The summed E-state index contributed by atoms with van der Waals surface area (Å²) in [6, 6.07) is 10.5. The molecule has 4 heteroatoms. The number of benzene rings is 1. The van der Waals surface area contributed by atoms with Crippen LogP contribution in [0.5, 0.6) is 0 Å². The largest absolute Gasteiger partial charge is 0.375 e.